The van der Waals surface area contributed by atoms with E-state index >= 15 is 0 Å². The molecule has 0 aliphatic carbocycles. The highest BCUT2D eigenvalue weighted by atomic mass is 35.5. The lowest BCUT2D eigenvalue weighted by Gasteiger charge is -2.12. The van der Waals surface area contributed by atoms with Gasteiger partial charge in [0.05, 0.1) is 24.8 Å². The molecule has 0 aliphatic rings. The summed E-state index contributed by atoms with van der Waals surface area (Å²) in [5.41, 5.74) is 0.489. The summed E-state index contributed by atoms with van der Waals surface area (Å²) in [4.78, 5) is 36.7. The van der Waals surface area contributed by atoms with Crippen LogP contribution in [0.5, 0.6) is 0 Å². The number of Topliss-reactive ketones (excluding diaryl/α,β-unsaturated/α-hetero) is 1. The van der Waals surface area contributed by atoms with Crippen LogP contribution in [0.2, 0.25) is 5.02 Å². The zero-order chi connectivity index (χ0) is 23.8. The quantitative estimate of drug-likeness (QED) is 0.407. The standard InChI is InChI=1S/C22H18ClF3N2O4/c1-12-8-17(13(2)28(12)16-6-4-14(5-7-16)21(31)32-3)19(29)11-27-10-15(22(24,25)26)9-18(23)20(27)30/h4-10H,11H2,1-3H3. The number of aryl methyl sites for hydroxylation is 1. The average molecular weight is 467 g/mol. The predicted octanol–water partition coefficient (Wildman–Crippen LogP) is 4.60. The molecule has 10 heteroatoms. The number of hydrogen-bond donors (Lipinski definition) is 0. The van der Waals surface area contributed by atoms with Crippen molar-refractivity contribution in [2.24, 2.45) is 0 Å². The minimum absolute atomic E-state index is 0.250. The van der Waals surface area contributed by atoms with E-state index in [1.165, 1.54) is 7.11 Å². The van der Waals surface area contributed by atoms with Gasteiger partial charge in [-0.25, -0.2) is 4.79 Å². The summed E-state index contributed by atoms with van der Waals surface area (Å²) in [6.07, 6.45) is -4.13. The van der Waals surface area contributed by atoms with Crippen molar-refractivity contribution in [3.8, 4) is 5.69 Å². The molecule has 0 spiro atoms. The van der Waals surface area contributed by atoms with Crippen molar-refractivity contribution in [2.45, 2.75) is 26.6 Å². The Morgan fingerprint density at radius 2 is 1.72 bits per heavy atom. The molecular weight excluding hydrogens is 449 g/mol. The summed E-state index contributed by atoms with van der Waals surface area (Å²) in [5.74, 6) is -1.04. The molecule has 3 rings (SSSR count). The molecule has 0 saturated heterocycles. The van der Waals surface area contributed by atoms with Crippen molar-refractivity contribution >= 4 is 23.4 Å². The summed E-state index contributed by atoms with van der Waals surface area (Å²) in [5, 5.41) is -0.621. The summed E-state index contributed by atoms with van der Waals surface area (Å²) in [6.45, 7) is 2.83. The number of methoxy groups -OCH3 is 1. The molecule has 0 radical (unpaired) electrons. The number of pyridine rings is 1. The number of nitrogens with zero attached hydrogens (tertiary/aromatic N) is 2. The minimum atomic E-state index is -4.71. The van der Waals surface area contributed by atoms with Crippen LogP contribution in [0.3, 0.4) is 0 Å². The summed E-state index contributed by atoms with van der Waals surface area (Å²) >= 11 is 5.66. The molecule has 0 aliphatic heterocycles. The second-order valence-corrected chi connectivity index (χ2v) is 7.50. The van der Waals surface area contributed by atoms with E-state index in [0.29, 0.717) is 39.5 Å². The maximum Gasteiger partial charge on any atom is 0.417 e. The fourth-order valence-corrected chi connectivity index (χ4v) is 3.64. The molecule has 32 heavy (non-hydrogen) atoms. The fourth-order valence-electron chi connectivity index (χ4n) is 3.42. The Labute approximate surface area is 185 Å². The third-order valence-electron chi connectivity index (χ3n) is 4.96. The smallest absolute Gasteiger partial charge is 0.417 e. The van der Waals surface area contributed by atoms with E-state index in [0.717, 1.165) is 0 Å². The zero-order valence-electron chi connectivity index (χ0n) is 17.3. The Hall–Kier alpha value is -3.33. The molecule has 0 fully saturated rings. The molecule has 0 unspecified atom stereocenters. The van der Waals surface area contributed by atoms with Crippen molar-refractivity contribution in [3.63, 3.8) is 0 Å². The molecule has 0 saturated carbocycles. The predicted molar refractivity (Wildman–Crippen MR) is 112 cm³/mol. The maximum absolute atomic E-state index is 13.1. The molecule has 6 nitrogen and oxygen atoms in total. The first kappa shape index (κ1) is 23.3. The molecule has 1 aromatic carbocycles. The van der Waals surface area contributed by atoms with Gasteiger partial charge in [-0.3, -0.25) is 9.59 Å². The number of alkyl halides is 3. The highest BCUT2D eigenvalue weighted by molar-refractivity contribution is 6.30. The van der Waals surface area contributed by atoms with E-state index in [9.17, 15) is 27.6 Å². The van der Waals surface area contributed by atoms with Crippen LogP contribution in [0.4, 0.5) is 13.2 Å². The number of benzene rings is 1. The van der Waals surface area contributed by atoms with Crippen LogP contribution in [0, 0.1) is 13.8 Å². The van der Waals surface area contributed by atoms with Gasteiger partial charge in [0.2, 0.25) is 0 Å². The van der Waals surface area contributed by atoms with Gasteiger partial charge in [0, 0.05) is 28.8 Å². The third-order valence-corrected chi connectivity index (χ3v) is 5.23. The molecule has 0 bridgehead atoms. The van der Waals surface area contributed by atoms with Gasteiger partial charge >= 0.3 is 12.1 Å². The van der Waals surface area contributed by atoms with Crippen molar-refractivity contribution in [3.05, 3.63) is 86.0 Å². The second-order valence-electron chi connectivity index (χ2n) is 7.09. The van der Waals surface area contributed by atoms with Crippen molar-refractivity contribution in [1.82, 2.24) is 9.13 Å². The highest BCUT2D eigenvalue weighted by Gasteiger charge is 2.32. The monoisotopic (exact) mass is 466 g/mol. The Kier molecular flexibility index (Phi) is 6.32. The minimum Gasteiger partial charge on any atom is -0.465 e. The summed E-state index contributed by atoms with van der Waals surface area (Å²) in [6, 6.07) is 8.63. The van der Waals surface area contributed by atoms with Gasteiger partial charge in [0.25, 0.3) is 5.56 Å². The second kappa shape index (κ2) is 8.66. The van der Waals surface area contributed by atoms with Crippen molar-refractivity contribution in [1.29, 1.82) is 0 Å². The Morgan fingerprint density at radius 1 is 1.09 bits per heavy atom. The highest BCUT2D eigenvalue weighted by Crippen LogP contribution is 2.30. The first-order chi connectivity index (χ1) is 14.9. The van der Waals surface area contributed by atoms with Crippen LogP contribution >= 0.6 is 11.6 Å². The molecule has 168 valence electrons. The number of rotatable bonds is 5. The topological polar surface area (TPSA) is 70.3 Å². The Bertz CT molecular complexity index is 1260. The molecule has 0 atom stereocenters. The van der Waals surface area contributed by atoms with E-state index in [2.05, 4.69) is 4.74 Å². The summed E-state index contributed by atoms with van der Waals surface area (Å²) in [7, 11) is 1.28. The van der Waals surface area contributed by atoms with Gasteiger partial charge < -0.3 is 13.9 Å². The van der Waals surface area contributed by atoms with Crippen LogP contribution in [0.15, 0.2) is 47.4 Å². The summed E-state index contributed by atoms with van der Waals surface area (Å²) < 4.78 is 46.3. The zero-order valence-corrected chi connectivity index (χ0v) is 18.0. The van der Waals surface area contributed by atoms with E-state index in [1.54, 1.807) is 48.7 Å². The van der Waals surface area contributed by atoms with Gasteiger partial charge in [0.1, 0.15) is 5.02 Å². The lowest BCUT2D eigenvalue weighted by atomic mass is 10.1. The molecular formula is C22H18ClF3N2O4. The third kappa shape index (κ3) is 4.47. The molecule has 0 amide bonds. The Balaban J connectivity index is 1.96. The maximum atomic E-state index is 13.1. The van der Waals surface area contributed by atoms with E-state index < -0.39 is 40.6 Å². The lowest BCUT2D eigenvalue weighted by molar-refractivity contribution is -0.138. The van der Waals surface area contributed by atoms with E-state index in [-0.39, 0.29) is 5.56 Å². The fraction of sp³-hybridized carbons (Fsp3) is 0.227. The number of ketones is 1. The normalized spacial score (nSPS) is 11.5. The first-order valence-corrected chi connectivity index (χ1v) is 9.70. The number of ether oxygens (including phenoxy) is 1. The van der Waals surface area contributed by atoms with Gasteiger partial charge in [0.15, 0.2) is 5.78 Å². The molecule has 0 N–H and O–H groups in total. The average Bonchev–Trinajstić information content (AvgIpc) is 3.04. The van der Waals surface area contributed by atoms with Crippen LogP contribution in [0.1, 0.15) is 37.7 Å². The van der Waals surface area contributed by atoms with E-state index in [4.69, 9.17) is 11.6 Å². The van der Waals surface area contributed by atoms with Gasteiger partial charge in [-0.1, -0.05) is 11.6 Å². The van der Waals surface area contributed by atoms with Crippen LogP contribution in [-0.2, 0) is 17.5 Å². The lowest BCUT2D eigenvalue weighted by Crippen LogP contribution is -2.26. The number of halogens is 4. The number of hydrogen-bond acceptors (Lipinski definition) is 4. The number of carbonyl (C=O) groups is 2. The molecule has 2 aromatic heterocycles. The first-order valence-electron chi connectivity index (χ1n) is 9.32. The molecule has 2 heterocycles. The van der Waals surface area contributed by atoms with Gasteiger partial charge in [-0.15, -0.1) is 0 Å². The van der Waals surface area contributed by atoms with Gasteiger partial charge in [-0.2, -0.15) is 13.2 Å². The van der Waals surface area contributed by atoms with E-state index in [1.807, 2.05) is 0 Å². The molecule has 3 aromatic rings. The van der Waals surface area contributed by atoms with Crippen LogP contribution in [-0.4, -0.2) is 28.0 Å². The van der Waals surface area contributed by atoms with Crippen molar-refractivity contribution in [2.75, 3.05) is 7.11 Å². The number of aromatic nitrogens is 2. The number of esters is 1. The SMILES string of the molecule is COC(=O)c1ccc(-n2c(C)cc(C(=O)Cn3cc(C(F)(F)F)cc(Cl)c3=O)c2C)cc1. The van der Waals surface area contributed by atoms with Crippen LogP contribution < -0.4 is 5.56 Å². The largest absolute Gasteiger partial charge is 0.465 e. The van der Waals surface area contributed by atoms with Gasteiger partial charge in [-0.05, 0) is 50.2 Å². The number of carbonyl (C=O) groups excluding carboxylic acids is 2. The Morgan fingerprint density at radius 3 is 2.28 bits per heavy atom. The van der Waals surface area contributed by atoms with Crippen LogP contribution in [0.25, 0.3) is 5.69 Å². The van der Waals surface area contributed by atoms with Crippen molar-refractivity contribution < 1.29 is 27.5 Å².